The number of carboxylic acid groups (broad SMARTS) is 4. The van der Waals surface area contributed by atoms with Crippen LogP contribution in [0.25, 0.3) is 0 Å². The average molecular weight is 1480 g/mol. The molecule has 0 saturated carbocycles. The van der Waals surface area contributed by atoms with Gasteiger partial charge in [-0.15, -0.1) is 0 Å². The topological polar surface area (TPSA) is 266 Å². The van der Waals surface area contributed by atoms with Gasteiger partial charge >= 0.3 is 47.8 Å². The van der Waals surface area contributed by atoms with Crippen molar-refractivity contribution in [3.8, 4) is 0 Å². The fourth-order valence-electron chi connectivity index (χ4n) is 10.4. The Morgan fingerprint density at radius 1 is 0.206 bits per heavy atom. The minimum Gasteiger partial charge on any atom is -0.545 e. The summed E-state index contributed by atoms with van der Waals surface area (Å²) in [6.07, 6.45) is 58.5. The number of ether oxygens (including phenoxy) is 4. The van der Waals surface area contributed by atoms with Gasteiger partial charge < -0.3 is 58.6 Å². The molecule has 0 aliphatic rings. The number of hydrogen-bond acceptors (Lipinski definition) is 16. The minimum atomic E-state index is -1.33. The third kappa shape index (κ3) is 80.4. The second-order valence-electron chi connectivity index (χ2n) is 25.6. The van der Waals surface area contributed by atoms with Gasteiger partial charge in [-0.1, -0.05) is 312 Å². The smallest absolute Gasteiger partial charge is 0.545 e. The summed E-state index contributed by atoms with van der Waals surface area (Å²) in [6.45, 7) is 18.8. The molecule has 0 aromatic rings. The van der Waals surface area contributed by atoms with E-state index in [9.17, 15) is 58.8 Å². The van der Waals surface area contributed by atoms with Gasteiger partial charge in [-0.2, -0.15) is 0 Å². The fourth-order valence-corrected chi connectivity index (χ4v) is 10.4. The van der Waals surface area contributed by atoms with Gasteiger partial charge in [0.15, 0.2) is 0 Å². The maximum Gasteiger partial charge on any atom is 4.00 e. The Labute approximate surface area is 608 Å². The van der Waals surface area contributed by atoms with Crippen molar-refractivity contribution in [3.63, 3.8) is 0 Å². The van der Waals surface area contributed by atoms with Crippen molar-refractivity contribution >= 4 is 71.7 Å². The molecule has 0 amide bonds. The summed E-state index contributed by atoms with van der Waals surface area (Å²) >= 11 is 0. The molecule has 0 aliphatic heterocycles. The number of hydrogen-bond donors (Lipinski definition) is 0. The Kier molecular flexibility index (Phi) is 85.7. The van der Waals surface area contributed by atoms with Crippen LogP contribution in [0, 0.1) is 0 Å². The SMILES string of the molecule is CCCCCCCCOC(=O)/C(=C\C(=O)[O-])CCCCCCCC.CCCCCCCCOC(=O)/C(=C\C(=O)[O-])CCCCCCCC.CCCCCCCCOC(=O)/C(=C\C(=O)[O-])CCCCCCCC.CCCCCCCCOC(=O)/C(=C\C(=O)[O-])CCCCCCCC.[Sn+4]. The molecule has 0 aliphatic carbocycles. The van der Waals surface area contributed by atoms with Crippen LogP contribution in [0.15, 0.2) is 46.6 Å². The number of esters is 4. The van der Waals surface area contributed by atoms with E-state index in [1.165, 1.54) is 154 Å². The molecular weight excluding hydrogens is 1340 g/mol. The van der Waals surface area contributed by atoms with E-state index in [2.05, 4.69) is 55.4 Å². The van der Waals surface area contributed by atoms with E-state index in [1.807, 2.05) is 0 Å². The molecule has 0 saturated heterocycles. The van der Waals surface area contributed by atoms with Crippen LogP contribution in [0.2, 0.25) is 0 Å². The van der Waals surface area contributed by atoms with Crippen molar-refractivity contribution in [1.29, 1.82) is 0 Å². The van der Waals surface area contributed by atoms with E-state index in [4.69, 9.17) is 18.9 Å². The normalized spacial score (nSPS) is 11.4. The Bertz CT molecular complexity index is 1730. The van der Waals surface area contributed by atoms with Gasteiger partial charge in [0.05, 0.1) is 50.3 Å². The van der Waals surface area contributed by atoms with Crippen LogP contribution in [0.5, 0.6) is 0 Å². The van der Waals surface area contributed by atoms with Crippen molar-refractivity contribution in [3.05, 3.63) is 46.6 Å². The Hall–Kier alpha value is -4.48. The van der Waals surface area contributed by atoms with Gasteiger partial charge in [0.2, 0.25) is 0 Å². The Morgan fingerprint density at radius 3 is 0.464 bits per heavy atom. The zero-order chi connectivity index (χ0) is 72.2. The molecular formula is C80H140O16Sn. The molecule has 0 unspecified atom stereocenters. The summed E-state index contributed by atoms with van der Waals surface area (Å²) in [5.74, 6) is -7.30. The Balaban J connectivity index is -0.000000386. The molecule has 0 rings (SSSR count). The minimum absolute atomic E-state index is 0. The first-order valence-electron chi connectivity index (χ1n) is 38.8. The number of carbonyl (C=O) groups excluding carboxylic acids is 8. The van der Waals surface area contributed by atoms with Crippen LogP contribution in [0.4, 0.5) is 0 Å². The van der Waals surface area contributed by atoms with Crippen LogP contribution < -0.4 is 20.4 Å². The van der Waals surface area contributed by atoms with Gasteiger partial charge in [-0.25, -0.2) is 19.2 Å². The standard InChI is InChI=1S/4C20H36O4.Sn/c4*1-3-5-7-9-11-13-15-18(17-19(21)22)20(23)24-16-14-12-10-8-6-4-2;/h4*17H,3-16H2,1-2H3,(H,21,22);/q;;;;+4/p-4/b4*18-17-;. The number of aliphatic carboxylic acids is 4. The largest absolute Gasteiger partial charge is 4.00 e. The molecule has 17 heteroatoms. The van der Waals surface area contributed by atoms with E-state index in [-0.39, 0.29) is 46.2 Å². The van der Waals surface area contributed by atoms with Crippen molar-refractivity contribution in [1.82, 2.24) is 0 Å². The third-order valence-electron chi connectivity index (χ3n) is 16.3. The summed E-state index contributed by atoms with van der Waals surface area (Å²) in [6, 6.07) is 0. The first kappa shape index (κ1) is 101. The van der Waals surface area contributed by atoms with Gasteiger partial charge in [0.1, 0.15) is 0 Å². The van der Waals surface area contributed by atoms with Gasteiger partial charge in [0, 0.05) is 22.3 Å². The van der Waals surface area contributed by atoms with Crippen LogP contribution in [-0.4, -0.2) is 98.1 Å². The third-order valence-corrected chi connectivity index (χ3v) is 16.3. The quantitative estimate of drug-likeness (QED) is 0.0180. The van der Waals surface area contributed by atoms with Crippen LogP contribution in [0.3, 0.4) is 0 Å². The van der Waals surface area contributed by atoms with Crippen molar-refractivity contribution in [2.45, 2.75) is 389 Å². The molecule has 560 valence electrons. The van der Waals surface area contributed by atoms with Crippen LogP contribution in [-0.2, 0) is 57.3 Å². The number of carboxylic acids is 4. The first-order valence-corrected chi connectivity index (χ1v) is 38.8. The number of rotatable bonds is 64. The van der Waals surface area contributed by atoms with E-state index in [0.29, 0.717) is 52.1 Å². The zero-order valence-corrected chi connectivity index (χ0v) is 65.8. The fraction of sp³-hybridized carbons (Fsp3) is 0.800. The number of carbonyl (C=O) groups is 8. The maximum absolute atomic E-state index is 12.0. The summed E-state index contributed by atoms with van der Waals surface area (Å²) in [4.78, 5) is 91.1. The molecule has 0 aromatic carbocycles. The molecule has 0 bridgehead atoms. The summed E-state index contributed by atoms with van der Waals surface area (Å²) in [5, 5.41) is 43.1. The molecule has 0 atom stereocenters. The zero-order valence-electron chi connectivity index (χ0n) is 62.9. The van der Waals surface area contributed by atoms with Crippen LogP contribution >= 0.6 is 0 Å². The monoisotopic (exact) mass is 1480 g/mol. The molecule has 0 aromatic heterocycles. The number of unbranched alkanes of at least 4 members (excludes halogenated alkanes) is 40. The van der Waals surface area contributed by atoms with Crippen LogP contribution in [0.1, 0.15) is 389 Å². The molecule has 0 radical (unpaired) electrons. The first-order chi connectivity index (χ1) is 46.5. The van der Waals surface area contributed by atoms with Crippen molar-refractivity contribution in [2.75, 3.05) is 26.4 Å². The van der Waals surface area contributed by atoms with E-state index >= 15 is 0 Å². The molecule has 0 heterocycles. The van der Waals surface area contributed by atoms with Crippen molar-refractivity contribution < 1.29 is 77.7 Å². The second kappa shape index (κ2) is 82.2. The molecule has 16 nitrogen and oxygen atoms in total. The Morgan fingerprint density at radius 2 is 0.330 bits per heavy atom. The summed E-state index contributed by atoms with van der Waals surface area (Å²) in [5.41, 5.74) is 0.931. The predicted octanol–water partition coefficient (Wildman–Crippen LogP) is 16.9. The van der Waals surface area contributed by atoms with Gasteiger partial charge in [-0.3, -0.25) is 0 Å². The molecule has 97 heavy (non-hydrogen) atoms. The summed E-state index contributed by atoms with van der Waals surface area (Å²) in [7, 11) is 0. The van der Waals surface area contributed by atoms with Crippen molar-refractivity contribution in [2.24, 2.45) is 0 Å². The second-order valence-corrected chi connectivity index (χ2v) is 25.6. The van der Waals surface area contributed by atoms with Gasteiger partial charge in [0.25, 0.3) is 0 Å². The predicted molar refractivity (Wildman–Crippen MR) is 387 cm³/mol. The average Bonchev–Trinajstić information content (AvgIpc) is 1.79. The van der Waals surface area contributed by atoms with E-state index in [1.54, 1.807) is 0 Å². The molecule has 0 N–H and O–H groups in total. The van der Waals surface area contributed by atoms with E-state index in [0.717, 1.165) is 178 Å². The molecule has 0 spiro atoms. The van der Waals surface area contributed by atoms with Gasteiger partial charge in [-0.05, 0) is 101 Å². The maximum atomic E-state index is 12.0. The summed E-state index contributed by atoms with van der Waals surface area (Å²) < 4.78 is 20.8. The van der Waals surface area contributed by atoms with E-state index < -0.39 is 47.8 Å². The molecule has 0 fully saturated rings.